The second-order valence-electron chi connectivity index (χ2n) is 7.21. The molecule has 9 nitrogen and oxygen atoms in total. The number of hydrogen-bond donors (Lipinski definition) is 1. The van der Waals surface area contributed by atoms with Gasteiger partial charge in [0.25, 0.3) is 0 Å². The number of aromatic nitrogens is 2. The Labute approximate surface area is 173 Å². The lowest BCUT2D eigenvalue weighted by Gasteiger charge is -2.24. The number of Topliss-reactive ketones (excluding diaryl/α,β-unsaturated/α-hetero) is 1. The van der Waals surface area contributed by atoms with E-state index in [2.05, 4.69) is 15.1 Å². The Bertz CT molecular complexity index is 1010. The quantitative estimate of drug-likeness (QED) is 0.455. The smallest absolute Gasteiger partial charge is 0.326 e. The van der Waals surface area contributed by atoms with Gasteiger partial charge in [-0.15, -0.1) is 5.10 Å². The van der Waals surface area contributed by atoms with Gasteiger partial charge in [0.05, 0.1) is 32.4 Å². The van der Waals surface area contributed by atoms with Crippen molar-refractivity contribution in [1.82, 2.24) is 15.0 Å². The highest BCUT2D eigenvalue weighted by molar-refractivity contribution is 6.27. The van der Waals surface area contributed by atoms with Crippen LogP contribution in [0.1, 0.15) is 25.8 Å². The number of carbonyl (C=O) groups is 2. The first kappa shape index (κ1) is 20.1. The van der Waals surface area contributed by atoms with Crippen LogP contribution in [-0.2, 0) is 23.8 Å². The number of pyridine rings is 1. The Balaban J connectivity index is 1.66. The molecule has 0 bridgehead atoms. The third-order valence-corrected chi connectivity index (χ3v) is 5.09. The van der Waals surface area contributed by atoms with Crippen molar-refractivity contribution in [2.75, 3.05) is 26.3 Å². The molecule has 0 amide bonds. The number of morpholine rings is 1. The molecule has 0 saturated carbocycles. The molecule has 1 N–H and O–H groups in total. The van der Waals surface area contributed by atoms with Crippen LogP contribution in [0.15, 0.2) is 35.4 Å². The van der Waals surface area contributed by atoms with Gasteiger partial charge in [-0.2, -0.15) is 0 Å². The second-order valence-corrected chi connectivity index (χ2v) is 7.21. The van der Waals surface area contributed by atoms with Crippen LogP contribution in [0.4, 0.5) is 0 Å². The van der Waals surface area contributed by atoms with Crippen LogP contribution >= 0.6 is 0 Å². The number of carbonyl (C=O) groups excluding carboxylic acids is 2. The zero-order valence-corrected chi connectivity index (χ0v) is 17.0. The van der Waals surface area contributed by atoms with Crippen molar-refractivity contribution in [3.63, 3.8) is 0 Å². The molecule has 4 heterocycles. The number of aromatic amines is 1. The monoisotopic (exact) mass is 412 g/mol. The van der Waals surface area contributed by atoms with Crippen molar-refractivity contribution in [2.24, 2.45) is 11.0 Å². The molecule has 2 aromatic rings. The fraction of sp³-hybridized carbons (Fsp3) is 0.429. The number of esters is 1. The van der Waals surface area contributed by atoms with Crippen molar-refractivity contribution in [3.05, 3.63) is 35.8 Å². The van der Waals surface area contributed by atoms with E-state index in [1.165, 1.54) is 0 Å². The molecule has 1 unspecified atom stereocenters. The molecule has 2 aliphatic heterocycles. The van der Waals surface area contributed by atoms with Crippen molar-refractivity contribution in [1.29, 1.82) is 0 Å². The average molecular weight is 412 g/mol. The molecule has 2 fully saturated rings. The topological polar surface area (TPSA) is 106 Å². The molecule has 158 valence electrons. The van der Waals surface area contributed by atoms with Crippen molar-refractivity contribution in [3.8, 4) is 0 Å². The van der Waals surface area contributed by atoms with Gasteiger partial charge >= 0.3 is 5.97 Å². The number of rotatable bonds is 5. The summed E-state index contributed by atoms with van der Waals surface area (Å²) in [5.74, 6) is -2.23. The lowest BCUT2D eigenvalue weighted by molar-refractivity contribution is -0.152. The van der Waals surface area contributed by atoms with Crippen LogP contribution in [0.5, 0.6) is 0 Å². The lowest BCUT2D eigenvalue weighted by atomic mass is 10.0. The van der Waals surface area contributed by atoms with Crippen molar-refractivity contribution < 1.29 is 23.8 Å². The van der Waals surface area contributed by atoms with Crippen LogP contribution in [0.3, 0.4) is 0 Å². The van der Waals surface area contributed by atoms with Gasteiger partial charge in [-0.25, -0.2) is 4.98 Å². The first-order valence-electron chi connectivity index (χ1n) is 10.0. The van der Waals surface area contributed by atoms with E-state index in [4.69, 9.17) is 14.2 Å². The van der Waals surface area contributed by atoms with Gasteiger partial charge in [0, 0.05) is 23.3 Å². The van der Waals surface area contributed by atoms with Crippen LogP contribution in [0, 0.1) is 5.92 Å². The number of nitrogens with one attached hydrogen (secondary N) is 1. The number of fused-ring (bicyclic) bond motifs is 1. The summed E-state index contributed by atoms with van der Waals surface area (Å²) < 4.78 is 16.5. The fourth-order valence-electron chi connectivity index (χ4n) is 3.24. The van der Waals surface area contributed by atoms with E-state index < -0.39 is 17.7 Å². The number of hydrazone groups is 1. The van der Waals surface area contributed by atoms with E-state index in [1.807, 2.05) is 19.1 Å². The van der Waals surface area contributed by atoms with Crippen LogP contribution in [0.2, 0.25) is 0 Å². The summed E-state index contributed by atoms with van der Waals surface area (Å²) in [4.78, 5) is 33.1. The van der Waals surface area contributed by atoms with Gasteiger partial charge in [0.2, 0.25) is 17.6 Å². The van der Waals surface area contributed by atoms with Crippen LogP contribution in [0.25, 0.3) is 17.1 Å². The van der Waals surface area contributed by atoms with E-state index in [0.717, 1.165) is 10.9 Å². The molecule has 9 heteroatoms. The van der Waals surface area contributed by atoms with E-state index in [9.17, 15) is 9.59 Å². The van der Waals surface area contributed by atoms with E-state index in [1.54, 1.807) is 30.4 Å². The molecule has 2 atom stereocenters. The van der Waals surface area contributed by atoms with Gasteiger partial charge in [0.15, 0.2) is 5.76 Å². The summed E-state index contributed by atoms with van der Waals surface area (Å²) in [5, 5.41) is 7.02. The lowest BCUT2D eigenvalue weighted by Crippen LogP contribution is -2.36. The third kappa shape index (κ3) is 4.06. The van der Waals surface area contributed by atoms with Gasteiger partial charge in [-0.1, -0.05) is 6.92 Å². The fourth-order valence-corrected chi connectivity index (χ4v) is 3.24. The zero-order valence-electron chi connectivity index (χ0n) is 17.0. The maximum atomic E-state index is 13.1. The SMILES string of the molecule is CC[C@H](C)OC(=O)C1C(=O)/C(=C/c2c[nH]c3ncccc23)OC1=NN1CCOCC1. The highest BCUT2D eigenvalue weighted by atomic mass is 16.6. The molecule has 2 aliphatic rings. The summed E-state index contributed by atoms with van der Waals surface area (Å²) in [5.41, 5.74) is 1.44. The molecular weight excluding hydrogens is 388 g/mol. The van der Waals surface area contributed by atoms with Gasteiger partial charge in [-0.05, 0) is 31.6 Å². The molecule has 0 spiro atoms. The molecule has 2 saturated heterocycles. The zero-order chi connectivity index (χ0) is 21.1. The Morgan fingerprint density at radius 1 is 1.47 bits per heavy atom. The largest absolute Gasteiger partial charge is 0.462 e. The molecule has 0 aliphatic carbocycles. The number of H-pyrrole nitrogens is 1. The normalized spacial score (nSPS) is 23.2. The highest BCUT2D eigenvalue weighted by Crippen LogP contribution is 2.28. The molecule has 0 radical (unpaired) electrons. The maximum Gasteiger partial charge on any atom is 0.326 e. The third-order valence-electron chi connectivity index (χ3n) is 5.09. The predicted octanol–water partition coefficient (Wildman–Crippen LogP) is 2.11. The summed E-state index contributed by atoms with van der Waals surface area (Å²) in [7, 11) is 0. The molecular formula is C21H24N4O5. The number of allylic oxidation sites excluding steroid dienone is 1. The average Bonchev–Trinajstić information content (AvgIpc) is 3.30. The number of nitrogens with zero attached hydrogens (tertiary/aromatic N) is 3. The molecule has 0 aromatic carbocycles. The summed E-state index contributed by atoms with van der Waals surface area (Å²) in [6.07, 6.45) is 5.37. The first-order valence-corrected chi connectivity index (χ1v) is 10.0. The minimum absolute atomic E-state index is 0.0411. The van der Waals surface area contributed by atoms with Crippen molar-refractivity contribution in [2.45, 2.75) is 26.4 Å². The van der Waals surface area contributed by atoms with Crippen LogP contribution in [-0.4, -0.2) is 65.0 Å². The number of ether oxygens (including phenoxy) is 3. The standard InChI is InChI=1S/C21H24N4O5/c1-3-13(2)29-21(27)17-18(26)16(30-20(17)24-25-7-9-28-10-8-25)11-14-12-23-19-15(14)5-4-6-22-19/h4-6,11-13,17H,3,7-10H2,1-2H3,(H,22,23)/b16-11-,24-20?/t13-,17?/m0/s1. The Kier molecular flexibility index (Phi) is 5.80. The van der Waals surface area contributed by atoms with Gasteiger partial charge in [0.1, 0.15) is 5.65 Å². The molecule has 2 aromatic heterocycles. The van der Waals surface area contributed by atoms with E-state index in [0.29, 0.717) is 38.4 Å². The Morgan fingerprint density at radius 3 is 3.03 bits per heavy atom. The second kappa shape index (κ2) is 8.66. The molecule has 30 heavy (non-hydrogen) atoms. The Morgan fingerprint density at radius 2 is 2.27 bits per heavy atom. The summed E-state index contributed by atoms with van der Waals surface area (Å²) in [6.45, 7) is 5.86. The van der Waals surface area contributed by atoms with E-state index in [-0.39, 0.29) is 17.8 Å². The maximum absolute atomic E-state index is 13.1. The highest BCUT2D eigenvalue weighted by Gasteiger charge is 2.45. The van der Waals surface area contributed by atoms with Gasteiger partial charge < -0.3 is 19.2 Å². The van der Waals surface area contributed by atoms with Crippen LogP contribution < -0.4 is 0 Å². The number of ketones is 1. The number of hydrogen-bond acceptors (Lipinski definition) is 8. The minimum Gasteiger partial charge on any atom is -0.462 e. The van der Waals surface area contributed by atoms with E-state index >= 15 is 0 Å². The summed E-state index contributed by atoms with van der Waals surface area (Å²) >= 11 is 0. The van der Waals surface area contributed by atoms with Crippen molar-refractivity contribution >= 4 is 34.8 Å². The Hall–Kier alpha value is -3.20. The minimum atomic E-state index is -1.21. The predicted molar refractivity (Wildman–Crippen MR) is 109 cm³/mol. The first-order chi connectivity index (χ1) is 14.6. The van der Waals surface area contributed by atoms with Gasteiger partial charge in [-0.3, -0.25) is 14.6 Å². The summed E-state index contributed by atoms with van der Waals surface area (Å²) in [6, 6.07) is 3.70. The molecule has 4 rings (SSSR count).